The van der Waals surface area contributed by atoms with Gasteiger partial charge in [-0.1, -0.05) is 32.1 Å². The number of anilines is 7. The number of fused-ring (bicyclic) bond motifs is 1. The average molecular weight is 888 g/mol. The molecule has 344 valence electrons. The SMILES string of the molecule is CNc1ccc(C(=O)Nc2ccc(N(C)C)nn2)c(NCCCCCCCNC(=O)CN2CCN(c3ccc(Nc4ncc5c(C)c(C(C)=O)c(=O)n(C6CCCC6)c5n4)nc3)CC2)n1. The standard InChI is InChI=1S/C46H61N15O4/c1-30-35-28-51-46(55-43(35)61(32-13-9-10-14-32)45(65)41(30)31(2)62)54-37-17-15-33(27-50-37)60-25-23-59(24-26-60)29-40(63)48-21-11-7-6-8-12-22-49-42-34(16-18-36(47-3)52-42)44(64)53-38-19-20-39(57-56-38)58(4)5/h15-20,27-28,32H,6-14,21-26,29H2,1-5H3,(H,48,63)(H2,47,49,52)(H,53,56,64)(H,50,51,54,55). The quantitative estimate of drug-likeness (QED) is 0.0488. The Morgan fingerprint density at radius 3 is 2.22 bits per heavy atom. The number of nitrogens with zero attached hydrogens (tertiary/aromatic N) is 10. The van der Waals surface area contributed by atoms with E-state index in [1.165, 1.54) is 6.92 Å². The number of carbonyl (C=O) groups excluding carboxylic acids is 3. The number of amides is 2. The summed E-state index contributed by atoms with van der Waals surface area (Å²) in [5, 5.41) is 24.4. The summed E-state index contributed by atoms with van der Waals surface area (Å²) in [6.07, 6.45) is 12.2. The van der Waals surface area contributed by atoms with Crippen LogP contribution in [-0.2, 0) is 4.79 Å². The van der Waals surface area contributed by atoms with E-state index in [0.717, 1.165) is 89.7 Å². The summed E-state index contributed by atoms with van der Waals surface area (Å²) in [7, 11) is 5.54. The summed E-state index contributed by atoms with van der Waals surface area (Å²) in [5.41, 5.74) is 2.48. The van der Waals surface area contributed by atoms with E-state index >= 15 is 0 Å². The van der Waals surface area contributed by atoms with Gasteiger partial charge in [0.05, 0.1) is 29.6 Å². The summed E-state index contributed by atoms with van der Waals surface area (Å²) in [6, 6.07) is 10.9. The van der Waals surface area contributed by atoms with Gasteiger partial charge in [-0.3, -0.25) is 28.6 Å². The van der Waals surface area contributed by atoms with Crippen LogP contribution in [0.5, 0.6) is 0 Å². The lowest BCUT2D eigenvalue weighted by molar-refractivity contribution is -0.122. The number of piperazine rings is 1. The molecule has 5 aromatic rings. The Morgan fingerprint density at radius 2 is 1.54 bits per heavy atom. The lowest BCUT2D eigenvalue weighted by atomic mass is 10.0. The third kappa shape index (κ3) is 11.7. The molecule has 2 aliphatic rings. The first-order valence-corrected chi connectivity index (χ1v) is 22.6. The molecule has 0 aromatic carbocycles. The highest BCUT2D eigenvalue weighted by Crippen LogP contribution is 2.32. The molecule has 0 atom stereocenters. The molecule has 0 bridgehead atoms. The Labute approximate surface area is 379 Å². The molecule has 19 heteroatoms. The molecule has 1 aliphatic heterocycles. The van der Waals surface area contributed by atoms with E-state index in [2.05, 4.69) is 61.5 Å². The molecule has 0 unspecified atom stereocenters. The zero-order valence-corrected chi connectivity index (χ0v) is 38.1. The van der Waals surface area contributed by atoms with Gasteiger partial charge >= 0.3 is 0 Å². The van der Waals surface area contributed by atoms with Gasteiger partial charge < -0.3 is 36.4 Å². The Kier molecular flexibility index (Phi) is 15.5. The maximum absolute atomic E-state index is 13.6. The Morgan fingerprint density at radius 1 is 0.815 bits per heavy atom. The molecule has 2 fully saturated rings. The van der Waals surface area contributed by atoms with Crippen molar-refractivity contribution >= 4 is 69.4 Å². The van der Waals surface area contributed by atoms with E-state index in [1.54, 1.807) is 49.0 Å². The van der Waals surface area contributed by atoms with E-state index < -0.39 is 0 Å². The highest BCUT2D eigenvalue weighted by Gasteiger charge is 2.26. The van der Waals surface area contributed by atoms with Crippen LogP contribution in [0.25, 0.3) is 11.0 Å². The minimum atomic E-state index is -0.320. The number of carbonyl (C=O) groups is 3. The zero-order chi connectivity index (χ0) is 45.9. The molecular weight excluding hydrogens is 827 g/mol. The zero-order valence-electron chi connectivity index (χ0n) is 38.1. The van der Waals surface area contributed by atoms with Gasteiger partial charge in [0.15, 0.2) is 17.4 Å². The molecule has 1 aliphatic carbocycles. The fourth-order valence-electron chi connectivity index (χ4n) is 8.44. The summed E-state index contributed by atoms with van der Waals surface area (Å²) in [5.74, 6) is 2.59. The molecule has 5 N–H and O–H groups in total. The van der Waals surface area contributed by atoms with Crippen LogP contribution in [0.2, 0.25) is 0 Å². The molecule has 1 saturated heterocycles. The van der Waals surface area contributed by atoms with Crippen molar-refractivity contribution in [3.8, 4) is 0 Å². The van der Waals surface area contributed by atoms with Crippen LogP contribution < -0.4 is 41.9 Å². The molecule has 0 radical (unpaired) electrons. The van der Waals surface area contributed by atoms with Crippen molar-refractivity contribution in [3.63, 3.8) is 0 Å². The molecule has 0 spiro atoms. The molecule has 6 heterocycles. The normalized spacial score (nSPS) is 14.3. The van der Waals surface area contributed by atoms with Crippen molar-refractivity contribution in [1.82, 2.24) is 44.9 Å². The van der Waals surface area contributed by atoms with E-state index in [1.807, 2.05) is 37.3 Å². The number of hydrogen-bond acceptors (Lipinski definition) is 16. The molecule has 19 nitrogen and oxygen atoms in total. The second-order valence-electron chi connectivity index (χ2n) is 16.9. The van der Waals surface area contributed by atoms with Gasteiger partial charge in [0.2, 0.25) is 11.9 Å². The number of Topliss-reactive ketones (excluding diaryl/α,β-unsaturated/α-hetero) is 1. The van der Waals surface area contributed by atoms with Crippen LogP contribution in [-0.4, -0.2) is 124 Å². The molecule has 5 aromatic heterocycles. The van der Waals surface area contributed by atoms with E-state index in [0.29, 0.717) is 76.8 Å². The molecule has 65 heavy (non-hydrogen) atoms. The second kappa shape index (κ2) is 21.7. The molecule has 2 amide bonds. The average Bonchev–Trinajstić information content (AvgIpc) is 3.83. The van der Waals surface area contributed by atoms with Gasteiger partial charge in [-0.2, -0.15) is 4.98 Å². The van der Waals surface area contributed by atoms with Gasteiger partial charge in [0.1, 0.15) is 23.1 Å². The van der Waals surface area contributed by atoms with Crippen LogP contribution in [0.4, 0.5) is 40.7 Å². The predicted octanol–water partition coefficient (Wildman–Crippen LogP) is 5.40. The second-order valence-corrected chi connectivity index (χ2v) is 16.9. The van der Waals surface area contributed by atoms with Crippen molar-refractivity contribution in [2.75, 3.05) is 98.0 Å². The van der Waals surface area contributed by atoms with Crippen molar-refractivity contribution < 1.29 is 14.4 Å². The molecular formula is C46H61N15O4. The Bertz CT molecular complexity index is 2500. The van der Waals surface area contributed by atoms with Crippen LogP contribution in [0, 0.1) is 6.92 Å². The largest absolute Gasteiger partial charge is 0.373 e. The van der Waals surface area contributed by atoms with Crippen molar-refractivity contribution in [3.05, 3.63) is 75.8 Å². The first-order chi connectivity index (χ1) is 31.5. The molecule has 1 saturated carbocycles. The first-order valence-electron chi connectivity index (χ1n) is 22.6. The van der Waals surface area contributed by atoms with Crippen LogP contribution in [0.3, 0.4) is 0 Å². The minimum Gasteiger partial charge on any atom is -0.373 e. The van der Waals surface area contributed by atoms with Crippen molar-refractivity contribution in [2.45, 2.75) is 77.7 Å². The van der Waals surface area contributed by atoms with E-state index in [-0.39, 0.29) is 34.8 Å². The first kappa shape index (κ1) is 46.2. The van der Waals surface area contributed by atoms with Gasteiger partial charge in [-0.15, -0.1) is 10.2 Å². The lowest BCUT2D eigenvalue weighted by Gasteiger charge is -2.35. The summed E-state index contributed by atoms with van der Waals surface area (Å²) >= 11 is 0. The number of aromatic nitrogens is 7. The fraction of sp³-hybridized carbons (Fsp3) is 0.478. The van der Waals surface area contributed by atoms with Crippen molar-refractivity contribution in [2.24, 2.45) is 0 Å². The topological polar surface area (TPSA) is 220 Å². The lowest BCUT2D eigenvalue weighted by Crippen LogP contribution is -2.49. The maximum atomic E-state index is 13.6. The Balaban J connectivity index is 0.788. The minimum absolute atomic E-state index is 0.00285. The number of ketones is 1. The van der Waals surface area contributed by atoms with Crippen molar-refractivity contribution in [1.29, 1.82) is 0 Å². The third-order valence-corrected chi connectivity index (χ3v) is 12.1. The summed E-state index contributed by atoms with van der Waals surface area (Å²) in [6.45, 7) is 7.98. The number of hydrogen-bond donors (Lipinski definition) is 5. The third-order valence-electron chi connectivity index (χ3n) is 12.1. The van der Waals surface area contributed by atoms with Gasteiger partial charge in [0, 0.05) is 78.0 Å². The summed E-state index contributed by atoms with van der Waals surface area (Å²) < 4.78 is 1.71. The number of aryl methyl sites for hydroxylation is 1. The molecule has 7 rings (SSSR count). The van der Waals surface area contributed by atoms with Gasteiger partial charge in [0.25, 0.3) is 11.5 Å². The van der Waals surface area contributed by atoms with Crippen LogP contribution in [0.1, 0.15) is 97.0 Å². The smallest absolute Gasteiger partial charge is 0.263 e. The number of nitrogens with one attached hydrogen (secondary N) is 5. The van der Waals surface area contributed by atoms with E-state index in [4.69, 9.17) is 4.98 Å². The highest BCUT2D eigenvalue weighted by atomic mass is 16.2. The van der Waals surface area contributed by atoms with E-state index in [9.17, 15) is 19.2 Å². The number of unbranched alkanes of at least 4 members (excludes halogenated alkanes) is 4. The monoisotopic (exact) mass is 888 g/mol. The maximum Gasteiger partial charge on any atom is 0.263 e. The van der Waals surface area contributed by atoms with Gasteiger partial charge in [-0.25, -0.2) is 15.0 Å². The highest BCUT2D eigenvalue weighted by molar-refractivity contribution is 6.07. The predicted molar refractivity (Wildman–Crippen MR) is 255 cm³/mol. The van der Waals surface area contributed by atoms with Crippen LogP contribution in [0.15, 0.2) is 53.6 Å². The van der Waals surface area contributed by atoms with Gasteiger partial charge in [-0.05, 0) is 81.5 Å². The Hall–Kier alpha value is -6.76. The fourth-order valence-corrected chi connectivity index (χ4v) is 8.44. The number of pyridine rings is 3. The number of rotatable bonds is 20. The van der Waals surface area contributed by atoms with Crippen LogP contribution >= 0.6 is 0 Å². The summed E-state index contributed by atoms with van der Waals surface area (Å²) in [4.78, 5) is 76.7.